The van der Waals surface area contributed by atoms with E-state index in [2.05, 4.69) is 15.2 Å². The maximum Gasteiger partial charge on any atom is 0.223 e. The monoisotopic (exact) mass is 273 g/mol. The van der Waals surface area contributed by atoms with Crippen molar-refractivity contribution >= 4 is 11.6 Å². The zero-order valence-corrected chi connectivity index (χ0v) is 11.8. The molecular weight excluding hydrogens is 254 g/mol. The number of para-hydroxylation sites is 1. The smallest absolute Gasteiger partial charge is 0.223 e. The molecule has 0 aliphatic rings. The van der Waals surface area contributed by atoms with Crippen molar-refractivity contribution in [2.45, 2.75) is 26.3 Å². The molecule has 1 amide bonds. The largest absolute Gasteiger partial charge is 0.399 e. The average molecular weight is 273 g/mol. The summed E-state index contributed by atoms with van der Waals surface area (Å²) in [5.41, 5.74) is 7.59. The molecule has 0 unspecified atom stereocenters. The fourth-order valence-electron chi connectivity index (χ4n) is 1.95. The first kappa shape index (κ1) is 14.0. The number of rotatable bonds is 5. The Labute approximate surface area is 118 Å². The molecule has 0 spiro atoms. The third-order valence-electron chi connectivity index (χ3n) is 3.11. The van der Waals surface area contributed by atoms with Gasteiger partial charge in [-0.05, 0) is 25.0 Å². The van der Waals surface area contributed by atoms with Crippen molar-refractivity contribution in [3.05, 3.63) is 41.5 Å². The maximum atomic E-state index is 12.1. The zero-order chi connectivity index (χ0) is 14.5. The molecule has 2 rings (SSSR count). The highest BCUT2D eigenvalue weighted by atomic mass is 16.2. The van der Waals surface area contributed by atoms with E-state index in [1.807, 2.05) is 31.2 Å². The molecule has 0 saturated carbocycles. The molecule has 0 radical (unpaired) electrons. The molecule has 6 heteroatoms. The van der Waals surface area contributed by atoms with Gasteiger partial charge >= 0.3 is 0 Å². The van der Waals surface area contributed by atoms with E-state index in [0.717, 1.165) is 17.1 Å². The molecule has 20 heavy (non-hydrogen) atoms. The lowest BCUT2D eigenvalue weighted by atomic mass is 10.1. The van der Waals surface area contributed by atoms with Crippen LogP contribution in [0.4, 0.5) is 5.69 Å². The number of carbonyl (C=O) groups is 1. The molecule has 0 aliphatic heterocycles. The number of amides is 1. The topological polar surface area (TPSA) is 87.9 Å². The fraction of sp³-hybridized carbons (Fsp3) is 0.357. The first-order valence-electron chi connectivity index (χ1n) is 6.51. The normalized spacial score (nSPS) is 10.5. The molecule has 0 fully saturated rings. The lowest BCUT2D eigenvalue weighted by Crippen LogP contribution is -2.27. The summed E-state index contributed by atoms with van der Waals surface area (Å²) in [5, 5.41) is 6.78. The Kier molecular flexibility index (Phi) is 4.34. The standard InChI is InChI=1S/C14H19N5O/c1-10-16-13(18-17-10)9-19(2)14(20)8-7-11-5-3-4-6-12(11)15/h3-6H,7-9,15H2,1-2H3,(H,16,17,18). The first-order chi connectivity index (χ1) is 9.56. The number of nitrogens with one attached hydrogen (secondary N) is 1. The third kappa shape index (κ3) is 3.57. The summed E-state index contributed by atoms with van der Waals surface area (Å²) in [7, 11) is 1.75. The van der Waals surface area contributed by atoms with Gasteiger partial charge in [-0.3, -0.25) is 9.89 Å². The van der Waals surface area contributed by atoms with Crippen molar-refractivity contribution in [1.29, 1.82) is 0 Å². The molecule has 3 N–H and O–H groups in total. The van der Waals surface area contributed by atoms with Crippen molar-refractivity contribution in [3.63, 3.8) is 0 Å². The molecule has 2 aromatic rings. The second kappa shape index (κ2) is 6.18. The molecule has 0 aliphatic carbocycles. The Morgan fingerprint density at radius 1 is 1.40 bits per heavy atom. The van der Waals surface area contributed by atoms with E-state index in [4.69, 9.17) is 5.73 Å². The number of aryl methyl sites for hydroxylation is 2. The van der Waals surface area contributed by atoms with Gasteiger partial charge in [0.1, 0.15) is 5.82 Å². The summed E-state index contributed by atoms with van der Waals surface area (Å²) in [6, 6.07) is 7.61. The van der Waals surface area contributed by atoms with Gasteiger partial charge in [-0.2, -0.15) is 5.10 Å². The molecule has 6 nitrogen and oxygen atoms in total. The van der Waals surface area contributed by atoms with E-state index < -0.39 is 0 Å². The third-order valence-corrected chi connectivity index (χ3v) is 3.11. The highest BCUT2D eigenvalue weighted by molar-refractivity contribution is 5.76. The van der Waals surface area contributed by atoms with Gasteiger partial charge in [0.25, 0.3) is 0 Å². The van der Waals surface area contributed by atoms with E-state index in [1.165, 1.54) is 0 Å². The molecule has 0 atom stereocenters. The molecule has 0 bridgehead atoms. The van der Waals surface area contributed by atoms with E-state index >= 15 is 0 Å². The molecule has 1 heterocycles. The van der Waals surface area contributed by atoms with Crippen LogP contribution in [0.2, 0.25) is 0 Å². The van der Waals surface area contributed by atoms with Gasteiger partial charge in [0.15, 0.2) is 5.82 Å². The number of hydrogen-bond donors (Lipinski definition) is 2. The van der Waals surface area contributed by atoms with Gasteiger partial charge in [-0.1, -0.05) is 18.2 Å². The minimum absolute atomic E-state index is 0.0516. The van der Waals surface area contributed by atoms with Gasteiger partial charge in [0.2, 0.25) is 5.91 Å². The first-order valence-corrected chi connectivity index (χ1v) is 6.51. The van der Waals surface area contributed by atoms with Crippen LogP contribution in [-0.4, -0.2) is 33.0 Å². The van der Waals surface area contributed by atoms with Crippen LogP contribution in [0.25, 0.3) is 0 Å². The molecular formula is C14H19N5O. The maximum absolute atomic E-state index is 12.1. The number of nitrogens with zero attached hydrogens (tertiary/aromatic N) is 3. The quantitative estimate of drug-likeness (QED) is 0.803. The summed E-state index contributed by atoms with van der Waals surface area (Å²) in [6.07, 6.45) is 1.07. The Morgan fingerprint density at radius 3 is 2.80 bits per heavy atom. The highest BCUT2D eigenvalue weighted by Gasteiger charge is 2.12. The minimum Gasteiger partial charge on any atom is -0.399 e. The van der Waals surface area contributed by atoms with Crippen molar-refractivity contribution in [2.24, 2.45) is 0 Å². The second-order valence-corrected chi connectivity index (χ2v) is 4.79. The van der Waals surface area contributed by atoms with Gasteiger partial charge < -0.3 is 10.6 Å². The van der Waals surface area contributed by atoms with Crippen LogP contribution in [-0.2, 0) is 17.8 Å². The number of carbonyl (C=O) groups excluding carboxylic acids is 1. The molecule has 1 aromatic carbocycles. The number of nitrogen functional groups attached to an aromatic ring is 1. The summed E-state index contributed by atoms with van der Waals surface area (Å²) in [5.74, 6) is 1.42. The predicted octanol–water partition coefficient (Wildman–Crippen LogP) is 1.29. The number of H-pyrrole nitrogens is 1. The zero-order valence-electron chi connectivity index (χ0n) is 11.8. The van der Waals surface area contributed by atoms with Crippen molar-refractivity contribution < 1.29 is 4.79 Å². The average Bonchev–Trinajstić information content (AvgIpc) is 2.82. The Morgan fingerprint density at radius 2 is 2.15 bits per heavy atom. The molecule has 0 saturated heterocycles. The van der Waals surface area contributed by atoms with Crippen LogP contribution in [0, 0.1) is 6.92 Å². The van der Waals surface area contributed by atoms with Crippen LogP contribution >= 0.6 is 0 Å². The van der Waals surface area contributed by atoms with E-state index in [9.17, 15) is 4.79 Å². The van der Waals surface area contributed by atoms with E-state index in [0.29, 0.717) is 25.2 Å². The van der Waals surface area contributed by atoms with Crippen molar-refractivity contribution in [3.8, 4) is 0 Å². The summed E-state index contributed by atoms with van der Waals surface area (Å²) >= 11 is 0. The van der Waals surface area contributed by atoms with Gasteiger partial charge in [0, 0.05) is 19.2 Å². The number of hydrogen-bond acceptors (Lipinski definition) is 4. The molecule has 1 aromatic heterocycles. The highest BCUT2D eigenvalue weighted by Crippen LogP contribution is 2.13. The van der Waals surface area contributed by atoms with Crippen LogP contribution in [0.3, 0.4) is 0 Å². The van der Waals surface area contributed by atoms with Crippen LogP contribution in [0.15, 0.2) is 24.3 Å². The predicted molar refractivity (Wildman–Crippen MR) is 76.8 cm³/mol. The van der Waals surface area contributed by atoms with Gasteiger partial charge in [0.05, 0.1) is 6.54 Å². The van der Waals surface area contributed by atoms with Gasteiger partial charge in [-0.15, -0.1) is 0 Å². The number of benzene rings is 1. The van der Waals surface area contributed by atoms with Crippen LogP contribution in [0.5, 0.6) is 0 Å². The van der Waals surface area contributed by atoms with Crippen molar-refractivity contribution in [1.82, 2.24) is 20.1 Å². The number of aromatic amines is 1. The Balaban J connectivity index is 1.87. The molecule has 106 valence electrons. The Bertz CT molecular complexity index is 593. The number of aromatic nitrogens is 3. The second-order valence-electron chi connectivity index (χ2n) is 4.79. The summed E-state index contributed by atoms with van der Waals surface area (Å²) in [6.45, 7) is 2.24. The minimum atomic E-state index is 0.0516. The SMILES string of the molecule is Cc1nc(CN(C)C(=O)CCc2ccccc2N)n[nH]1. The lowest BCUT2D eigenvalue weighted by Gasteiger charge is -2.15. The van der Waals surface area contributed by atoms with Gasteiger partial charge in [-0.25, -0.2) is 4.98 Å². The van der Waals surface area contributed by atoms with Crippen LogP contribution < -0.4 is 5.73 Å². The van der Waals surface area contributed by atoms with Crippen molar-refractivity contribution in [2.75, 3.05) is 12.8 Å². The fourth-order valence-corrected chi connectivity index (χ4v) is 1.95. The summed E-state index contributed by atoms with van der Waals surface area (Å²) < 4.78 is 0. The Hall–Kier alpha value is -2.37. The van der Waals surface area contributed by atoms with E-state index in [1.54, 1.807) is 11.9 Å². The lowest BCUT2D eigenvalue weighted by molar-refractivity contribution is -0.130. The van der Waals surface area contributed by atoms with Crippen LogP contribution in [0.1, 0.15) is 23.6 Å². The number of nitrogens with two attached hydrogens (primary N) is 1. The number of anilines is 1. The van der Waals surface area contributed by atoms with E-state index in [-0.39, 0.29) is 5.91 Å². The summed E-state index contributed by atoms with van der Waals surface area (Å²) in [4.78, 5) is 17.9.